The SMILES string of the molecule is CCCn1c(OCC(=O)O)nc2nc(C34CCC(COc5ccccn5)(CC3)CC4)[nH]c2c1=O. The van der Waals surface area contributed by atoms with Crippen LogP contribution in [0.1, 0.15) is 57.7 Å². The first kappa shape index (κ1) is 22.4. The summed E-state index contributed by atoms with van der Waals surface area (Å²) in [7, 11) is 0. The van der Waals surface area contributed by atoms with Gasteiger partial charge in [-0.1, -0.05) is 13.0 Å². The maximum atomic E-state index is 13.2. The van der Waals surface area contributed by atoms with E-state index in [4.69, 9.17) is 19.6 Å². The van der Waals surface area contributed by atoms with Crippen LogP contribution in [0.3, 0.4) is 0 Å². The Hall–Kier alpha value is -3.43. The van der Waals surface area contributed by atoms with E-state index in [9.17, 15) is 9.59 Å². The Kier molecular flexibility index (Phi) is 5.75. The van der Waals surface area contributed by atoms with Crippen LogP contribution in [0.5, 0.6) is 11.9 Å². The van der Waals surface area contributed by atoms with E-state index in [1.165, 1.54) is 4.57 Å². The van der Waals surface area contributed by atoms with E-state index < -0.39 is 12.6 Å². The molecule has 3 saturated carbocycles. The van der Waals surface area contributed by atoms with Gasteiger partial charge in [0.2, 0.25) is 5.88 Å². The van der Waals surface area contributed by atoms with Crippen molar-refractivity contribution >= 4 is 17.1 Å². The molecule has 0 spiro atoms. The zero-order valence-corrected chi connectivity index (χ0v) is 19.2. The Morgan fingerprint density at radius 1 is 1.15 bits per heavy atom. The highest BCUT2D eigenvalue weighted by atomic mass is 16.5. The van der Waals surface area contributed by atoms with E-state index in [1.807, 2.05) is 25.1 Å². The van der Waals surface area contributed by atoms with Crippen molar-refractivity contribution in [2.24, 2.45) is 5.41 Å². The van der Waals surface area contributed by atoms with Gasteiger partial charge in [-0.25, -0.2) is 14.8 Å². The lowest BCUT2D eigenvalue weighted by molar-refractivity contribution is -0.139. The third-order valence-corrected chi connectivity index (χ3v) is 7.42. The molecule has 3 aliphatic rings. The highest BCUT2D eigenvalue weighted by molar-refractivity contribution is 5.71. The molecule has 0 unspecified atom stereocenters. The van der Waals surface area contributed by atoms with Crippen molar-refractivity contribution in [1.29, 1.82) is 0 Å². The number of carboxylic acid groups (broad SMARTS) is 1. The average Bonchev–Trinajstić information content (AvgIpc) is 3.31. The Morgan fingerprint density at radius 3 is 2.56 bits per heavy atom. The molecule has 34 heavy (non-hydrogen) atoms. The van der Waals surface area contributed by atoms with E-state index in [0.717, 1.165) is 44.3 Å². The summed E-state index contributed by atoms with van der Waals surface area (Å²) in [5, 5.41) is 8.97. The molecule has 0 saturated heterocycles. The highest BCUT2D eigenvalue weighted by Crippen LogP contribution is 2.57. The quantitative estimate of drug-likeness (QED) is 0.491. The van der Waals surface area contributed by atoms with Crippen molar-refractivity contribution in [1.82, 2.24) is 24.5 Å². The Labute approximate surface area is 196 Å². The molecule has 6 rings (SSSR count). The van der Waals surface area contributed by atoms with Gasteiger partial charge in [-0.05, 0) is 51.0 Å². The predicted octanol–water partition coefficient (Wildman–Crippen LogP) is 3.06. The van der Waals surface area contributed by atoms with Gasteiger partial charge in [0.1, 0.15) is 5.82 Å². The van der Waals surface area contributed by atoms with E-state index in [2.05, 4.69) is 15.0 Å². The zero-order chi connectivity index (χ0) is 23.8. The first-order valence-electron chi connectivity index (χ1n) is 11.8. The maximum Gasteiger partial charge on any atom is 0.341 e. The number of ether oxygens (including phenoxy) is 2. The van der Waals surface area contributed by atoms with Gasteiger partial charge in [0.25, 0.3) is 5.56 Å². The number of hydrogen-bond acceptors (Lipinski definition) is 7. The van der Waals surface area contributed by atoms with Crippen LogP contribution in [0.2, 0.25) is 0 Å². The molecule has 0 amide bonds. The number of aromatic amines is 1. The third kappa shape index (κ3) is 4.01. The topological polar surface area (TPSA) is 132 Å². The van der Waals surface area contributed by atoms with Crippen LogP contribution in [-0.4, -0.2) is 48.8 Å². The van der Waals surface area contributed by atoms with Gasteiger partial charge in [-0.3, -0.25) is 9.36 Å². The number of rotatable bonds is 9. The molecular weight excluding hydrogens is 438 g/mol. The molecule has 0 radical (unpaired) electrons. The van der Waals surface area contributed by atoms with E-state index >= 15 is 0 Å². The number of aliphatic carboxylic acids is 1. The summed E-state index contributed by atoms with van der Waals surface area (Å²) in [6.45, 7) is 2.41. The largest absolute Gasteiger partial charge is 0.479 e. The maximum absolute atomic E-state index is 13.2. The van der Waals surface area contributed by atoms with Crippen LogP contribution < -0.4 is 15.0 Å². The lowest BCUT2D eigenvalue weighted by Crippen LogP contribution is -2.47. The zero-order valence-electron chi connectivity index (χ0n) is 19.2. The van der Waals surface area contributed by atoms with Crippen molar-refractivity contribution in [3.05, 3.63) is 40.6 Å². The van der Waals surface area contributed by atoms with Gasteiger partial charge in [0, 0.05) is 29.6 Å². The van der Waals surface area contributed by atoms with Gasteiger partial charge >= 0.3 is 12.0 Å². The first-order valence-corrected chi connectivity index (χ1v) is 11.8. The lowest BCUT2D eigenvalue weighted by Gasteiger charge is -2.52. The van der Waals surface area contributed by atoms with Crippen LogP contribution in [0.25, 0.3) is 11.2 Å². The Balaban J connectivity index is 1.38. The number of carboxylic acids is 1. The molecule has 0 aromatic carbocycles. The number of aromatic nitrogens is 5. The highest BCUT2D eigenvalue weighted by Gasteiger charge is 2.51. The molecule has 10 nitrogen and oxygen atoms in total. The summed E-state index contributed by atoms with van der Waals surface area (Å²) in [6, 6.07) is 5.68. The normalized spacial score (nSPS) is 23.8. The fourth-order valence-corrected chi connectivity index (χ4v) is 5.37. The number of imidazole rings is 1. The minimum Gasteiger partial charge on any atom is -0.479 e. The van der Waals surface area contributed by atoms with Crippen molar-refractivity contribution in [2.75, 3.05) is 13.2 Å². The van der Waals surface area contributed by atoms with Crippen LogP contribution in [-0.2, 0) is 16.8 Å². The number of pyridine rings is 1. The number of H-pyrrole nitrogens is 1. The number of nitrogens with one attached hydrogen (secondary N) is 1. The fourth-order valence-electron chi connectivity index (χ4n) is 5.37. The minimum absolute atomic E-state index is 0.00437. The Morgan fingerprint density at radius 2 is 1.91 bits per heavy atom. The van der Waals surface area contributed by atoms with Crippen LogP contribution in [0, 0.1) is 5.41 Å². The number of carbonyl (C=O) groups is 1. The lowest BCUT2D eigenvalue weighted by atomic mass is 9.53. The van der Waals surface area contributed by atoms with Crippen molar-refractivity contribution < 1.29 is 19.4 Å². The summed E-state index contributed by atoms with van der Waals surface area (Å²) in [5.41, 5.74) is 0.379. The van der Waals surface area contributed by atoms with Gasteiger partial charge in [0.05, 0.1) is 6.61 Å². The molecule has 3 aliphatic carbocycles. The van der Waals surface area contributed by atoms with Crippen LogP contribution >= 0.6 is 0 Å². The molecule has 3 fully saturated rings. The molecule has 0 aliphatic heterocycles. The third-order valence-electron chi connectivity index (χ3n) is 7.42. The average molecular weight is 468 g/mol. The molecule has 2 N–H and O–H groups in total. The summed E-state index contributed by atoms with van der Waals surface area (Å²) in [5.74, 6) is 0.329. The Bertz CT molecular complexity index is 1230. The van der Waals surface area contributed by atoms with Crippen LogP contribution in [0.15, 0.2) is 29.2 Å². The van der Waals surface area contributed by atoms with E-state index in [-0.39, 0.29) is 28.0 Å². The van der Waals surface area contributed by atoms with E-state index in [1.54, 1.807) is 6.20 Å². The number of hydrogen-bond donors (Lipinski definition) is 2. The van der Waals surface area contributed by atoms with Gasteiger partial charge in [-0.15, -0.1) is 0 Å². The van der Waals surface area contributed by atoms with Crippen LogP contribution in [0.4, 0.5) is 0 Å². The van der Waals surface area contributed by atoms with Gasteiger partial charge in [-0.2, -0.15) is 4.98 Å². The molecule has 10 heteroatoms. The number of nitrogens with zero attached hydrogens (tertiary/aromatic N) is 4. The smallest absolute Gasteiger partial charge is 0.341 e. The summed E-state index contributed by atoms with van der Waals surface area (Å²) < 4.78 is 12.7. The molecule has 3 heterocycles. The molecule has 3 aromatic rings. The molecule has 2 bridgehead atoms. The monoisotopic (exact) mass is 467 g/mol. The molecule has 0 atom stereocenters. The van der Waals surface area contributed by atoms with Crippen molar-refractivity contribution in [3.63, 3.8) is 0 Å². The van der Waals surface area contributed by atoms with Gasteiger partial charge in [0.15, 0.2) is 17.8 Å². The van der Waals surface area contributed by atoms with Crippen molar-refractivity contribution in [3.8, 4) is 11.9 Å². The summed E-state index contributed by atoms with van der Waals surface area (Å²) >= 11 is 0. The second-order valence-electron chi connectivity index (χ2n) is 9.55. The summed E-state index contributed by atoms with van der Waals surface area (Å²) in [6.07, 6.45) is 8.38. The van der Waals surface area contributed by atoms with Gasteiger partial charge < -0.3 is 19.6 Å². The van der Waals surface area contributed by atoms with Crippen molar-refractivity contribution in [2.45, 2.75) is 63.8 Å². The second kappa shape index (κ2) is 8.73. The molecule has 180 valence electrons. The second-order valence-corrected chi connectivity index (χ2v) is 9.55. The number of fused-ring (bicyclic) bond motifs is 4. The first-order chi connectivity index (χ1) is 16.4. The minimum atomic E-state index is -1.13. The predicted molar refractivity (Wildman–Crippen MR) is 123 cm³/mol. The fraction of sp³-hybridized carbons (Fsp3) is 0.542. The molecular formula is C24H29N5O5. The summed E-state index contributed by atoms with van der Waals surface area (Å²) in [4.78, 5) is 40.8. The molecule has 3 aromatic heterocycles. The van der Waals surface area contributed by atoms with E-state index in [0.29, 0.717) is 31.0 Å². The standard InChI is InChI=1S/C24H29N5O5/c1-2-13-29-20(32)18-19(28-22(29)33-14-17(30)31)27-21(26-18)24-9-6-23(7-10-24,8-11-24)15-34-16-5-3-4-12-25-16/h3-5,12H,2,6-11,13-15H2,1H3,(H,26,27)(H,30,31).